The van der Waals surface area contributed by atoms with Crippen LogP contribution in [-0.2, 0) is 0 Å². The van der Waals surface area contributed by atoms with Gasteiger partial charge < -0.3 is 9.64 Å². The Kier molecular flexibility index (Phi) is 5.23. The maximum absolute atomic E-state index is 6.89. The average Bonchev–Trinajstić information content (AvgIpc) is 2.46. The molecule has 3 nitrogen and oxygen atoms in total. The van der Waals surface area contributed by atoms with E-state index in [1.165, 1.54) is 25.9 Å². The summed E-state index contributed by atoms with van der Waals surface area (Å²) >= 11 is 0. The Morgan fingerprint density at radius 3 is 2.58 bits per heavy atom. The zero-order valence-electron chi connectivity index (χ0n) is 11.6. The molecule has 0 N–H and O–H groups in total. The summed E-state index contributed by atoms with van der Waals surface area (Å²) in [6, 6.07) is 7.34. The lowest BCUT2D eigenvalue weighted by atomic mass is 9.99. The number of likely N-dealkylation sites (tertiary alicyclic amines) is 1. The van der Waals surface area contributed by atoms with Crippen molar-refractivity contribution in [1.82, 2.24) is 4.90 Å². The Labute approximate surface area is 116 Å². The van der Waals surface area contributed by atoms with Gasteiger partial charge in [-0.25, -0.2) is 4.85 Å². The van der Waals surface area contributed by atoms with Gasteiger partial charge in [0.25, 0.3) is 0 Å². The minimum atomic E-state index is 0.662. The predicted octanol–water partition coefficient (Wildman–Crippen LogP) is 3.74. The van der Waals surface area contributed by atoms with E-state index in [0.29, 0.717) is 5.69 Å². The van der Waals surface area contributed by atoms with Crippen molar-refractivity contribution in [2.45, 2.75) is 26.2 Å². The Balaban J connectivity index is 1.62. The molecule has 1 heterocycles. The molecule has 1 fully saturated rings. The first-order valence-electron chi connectivity index (χ1n) is 7.10. The molecule has 1 aromatic rings. The van der Waals surface area contributed by atoms with Crippen molar-refractivity contribution in [2.24, 2.45) is 5.92 Å². The highest BCUT2D eigenvalue weighted by Crippen LogP contribution is 2.18. The number of nitrogens with zero attached hydrogens (tertiary/aromatic N) is 2. The van der Waals surface area contributed by atoms with Crippen LogP contribution in [0.25, 0.3) is 4.85 Å². The molecule has 0 spiro atoms. The van der Waals surface area contributed by atoms with Crippen molar-refractivity contribution in [3.63, 3.8) is 0 Å². The first kappa shape index (κ1) is 13.9. The van der Waals surface area contributed by atoms with Crippen molar-refractivity contribution in [3.05, 3.63) is 35.7 Å². The predicted molar refractivity (Wildman–Crippen MR) is 77.7 cm³/mol. The van der Waals surface area contributed by atoms with Crippen molar-refractivity contribution < 1.29 is 4.74 Å². The fourth-order valence-corrected chi connectivity index (χ4v) is 2.38. The van der Waals surface area contributed by atoms with Crippen LogP contribution >= 0.6 is 0 Å². The van der Waals surface area contributed by atoms with Crippen molar-refractivity contribution in [1.29, 1.82) is 0 Å². The second-order valence-corrected chi connectivity index (χ2v) is 5.33. The summed E-state index contributed by atoms with van der Waals surface area (Å²) < 4.78 is 5.69. The van der Waals surface area contributed by atoms with E-state index in [1.807, 2.05) is 12.1 Å². The van der Waals surface area contributed by atoms with Gasteiger partial charge in [0.05, 0.1) is 13.2 Å². The molecule has 3 heteroatoms. The maximum Gasteiger partial charge on any atom is 0.187 e. The van der Waals surface area contributed by atoms with Crippen LogP contribution in [-0.4, -0.2) is 31.1 Å². The molecule has 0 bridgehead atoms. The molecule has 0 aromatic heterocycles. The van der Waals surface area contributed by atoms with Crippen molar-refractivity contribution in [2.75, 3.05) is 26.2 Å². The maximum atomic E-state index is 6.89. The number of hydrogen-bond donors (Lipinski definition) is 0. The summed E-state index contributed by atoms with van der Waals surface area (Å²) in [6.07, 6.45) is 3.73. The van der Waals surface area contributed by atoms with Gasteiger partial charge in [0.1, 0.15) is 5.75 Å². The van der Waals surface area contributed by atoms with Crippen LogP contribution in [0.4, 0.5) is 5.69 Å². The molecule has 2 rings (SSSR count). The Morgan fingerprint density at radius 2 is 1.95 bits per heavy atom. The zero-order valence-corrected chi connectivity index (χ0v) is 11.6. The molecule has 102 valence electrons. The normalized spacial score (nSPS) is 17.1. The van der Waals surface area contributed by atoms with E-state index < -0.39 is 0 Å². The number of piperidine rings is 1. The van der Waals surface area contributed by atoms with Crippen LogP contribution in [0, 0.1) is 12.5 Å². The van der Waals surface area contributed by atoms with Crippen molar-refractivity contribution >= 4 is 5.69 Å². The fraction of sp³-hybridized carbons (Fsp3) is 0.562. The third-order valence-electron chi connectivity index (χ3n) is 3.73. The molecule has 1 aliphatic heterocycles. The molecule has 0 unspecified atom stereocenters. The second-order valence-electron chi connectivity index (χ2n) is 5.33. The lowest BCUT2D eigenvalue weighted by Crippen LogP contribution is -2.34. The lowest BCUT2D eigenvalue weighted by molar-refractivity contribution is 0.177. The summed E-state index contributed by atoms with van der Waals surface area (Å²) in [5.74, 6) is 1.76. The third-order valence-corrected chi connectivity index (χ3v) is 3.73. The molecular weight excluding hydrogens is 236 g/mol. The monoisotopic (exact) mass is 258 g/mol. The lowest BCUT2D eigenvalue weighted by Gasteiger charge is -2.30. The average molecular weight is 258 g/mol. The molecule has 19 heavy (non-hydrogen) atoms. The molecule has 0 amide bonds. The van der Waals surface area contributed by atoms with Gasteiger partial charge >= 0.3 is 0 Å². The Morgan fingerprint density at radius 1 is 1.26 bits per heavy atom. The van der Waals surface area contributed by atoms with Gasteiger partial charge in [-0.1, -0.05) is 19.1 Å². The second kappa shape index (κ2) is 7.16. The molecule has 1 saturated heterocycles. The molecule has 0 aliphatic carbocycles. The van der Waals surface area contributed by atoms with Gasteiger partial charge in [-0.2, -0.15) is 0 Å². The number of rotatable bonds is 5. The highest BCUT2D eigenvalue weighted by atomic mass is 16.5. The van der Waals surface area contributed by atoms with E-state index in [0.717, 1.165) is 31.2 Å². The van der Waals surface area contributed by atoms with Crippen molar-refractivity contribution in [3.8, 4) is 5.75 Å². The van der Waals surface area contributed by atoms with Crippen LogP contribution in [0.2, 0.25) is 0 Å². The first-order valence-corrected chi connectivity index (χ1v) is 7.10. The molecule has 1 aromatic carbocycles. The van der Waals surface area contributed by atoms with Crippen LogP contribution in [0.5, 0.6) is 5.75 Å². The van der Waals surface area contributed by atoms with Gasteiger partial charge in [-0.05, 0) is 50.4 Å². The quantitative estimate of drug-likeness (QED) is 0.591. The van der Waals surface area contributed by atoms with Gasteiger partial charge in [-0.15, -0.1) is 0 Å². The number of ether oxygens (including phenoxy) is 1. The fourth-order valence-electron chi connectivity index (χ4n) is 2.38. The Hall–Kier alpha value is -1.53. The van der Waals surface area contributed by atoms with Crippen LogP contribution < -0.4 is 4.74 Å². The molecule has 0 atom stereocenters. The summed E-state index contributed by atoms with van der Waals surface area (Å²) in [5, 5.41) is 0. The number of hydrogen-bond acceptors (Lipinski definition) is 2. The minimum absolute atomic E-state index is 0.662. The zero-order chi connectivity index (χ0) is 13.5. The third kappa shape index (κ3) is 4.57. The highest BCUT2D eigenvalue weighted by Gasteiger charge is 2.14. The van der Waals surface area contributed by atoms with E-state index >= 15 is 0 Å². The largest absolute Gasteiger partial charge is 0.494 e. The summed E-state index contributed by atoms with van der Waals surface area (Å²) in [4.78, 5) is 5.90. The van der Waals surface area contributed by atoms with E-state index in [-0.39, 0.29) is 0 Å². The summed E-state index contributed by atoms with van der Waals surface area (Å²) in [5.41, 5.74) is 0.662. The smallest absolute Gasteiger partial charge is 0.187 e. The van der Waals surface area contributed by atoms with Crippen LogP contribution in [0.3, 0.4) is 0 Å². The SMILES string of the molecule is [C-]#[N+]c1ccc(OCCCN2CCC(C)CC2)cc1. The van der Waals surface area contributed by atoms with E-state index in [9.17, 15) is 0 Å². The van der Waals surface area contributed by atoms with E-state index in [2.05, 4.69) is 16.7 Å². The molecule has 0 radical (unpaired) electrons. The highest BCUT2D eigenvalue weighted by molar-refractivity contribution is 5.46. The first-order chi connectivity index (χ1) is 9.28. The van der Waals surface area contributed by atoms with Gasteiger partial charge in [0.2, 0.25) is 0 Å². The van der Waals surface area contributed by atoms with Gasteiger partial charge in [0.15, 0.2) is 5.69 Å². The minimum Gasteiger partial charge on any atom is -0.494 e. The molecule has 0 saturated carbocycles. The van der Waals surface area contributed by atoms with Gasteiger partial charge in [0, 0.05) is 6.54 Å². The standard InChI is InChI=1S/C16H22N2O/c1-14-8-11-18(12-9-14)10-3-13-19-16-6-4-15(17-2)5-7-16/h4-7,14H,3,8-13H2,1H3. The molecular formula is C16H22N2O. The van der Waals surface area contributed by atoms with Crippen LogP contribution in [0.1, 0.15) is 26.2 Å². The molecule has 1 aliphatic rings. The Bertz CT molecular complexity index is 413. The van der Waals surface area contributed by atoms with Gasteiger partial charge in [-0.3, -0.25) is 0 Å². The topological polar surface area (TPSA) is 16.8 Å². The number of benzene rings is 1. The summed E-state index contributed by atoms with van der Waals surface area (Å²) in [6.45, 7) is 13.6. The van der Waals surface area contributed by atoms with Crippen LogP contribution in [0.15, 0.2) is 24.3 Å². The van der Waals surface area contributed by atoms with E-state index in [4.69, 9.17) is 11.3 Å². The summed E-state index contributed by atoms with van der Waals surface area (Å²) in [7, 11) is 0. The van der Waals surface area contributed by atoms with E-state index in [1.54, 1.807) is 12.1 Å².